The van der Waals surface area contributed by atoms with Crippen LogP contribution in [0.4, 0.5) is 4.79 Å². The number of nitrogens with zero attached hydrogens (tertiary/aromatic N) is 4. The van der Waals surface area contributed by atoms with Gasteiger partial charge >= 0.3 is 12.1 Å². The highest BCUT2D eigenvalue weighted by Crippen LogP contribution is 2.21. The summed E-state index contributed by atoms with van der Waals surface area (Å²) in [5, 5.41) is 17.3. The first-order chi connectivity index (χ1) is 13.2. The lowest BCUT2D eigenvalue weighted by molar-refractivity contribution is -0.156. The topological polar surface area (TPSA) is 124 Å². The average Bonchev–Trinajstić information content (AvgIpc) is 2.64. The van der Waals surface area contributed by atoms with Gasteiger partial charge in [-0.3, -0.25) is 9.59 Å². The van der Waals surface area contributed by atoms with Gasteiger partial charge in [-0.15, -0.1) is 0 Å². The SMILES string of the molecule is CC(C)(C)OC(=O)N1CCC(C(=O)OCC(=O)N(CCC#N)CCC#N)CC1. The fourth-order valence-electron chi connectivity index (χ4n) is 2.70. The van der Waals surface area contributed by atoms with Gasteiger partial charge in [0.05, 0.1) is 30.9 Å². The Morgan fingerprint density at radius 2 is 1.61 bits per heavy atom. The number of amides is 2. The Kier molecular flexibility index (Phi) is 9.23. The van der Waals surface area contributed by atoms with E-state index in [0.717, 1.165) is 0 Å². The van der Waals surface area contributed by atoms with Gasteiger partial charge in [0.1, 0.15) is 5.60 Å². The first kappa shape index (κ1) is 23.2. The van der Waals surface area contributed by atoms with E-state index in [9.17, 15) is 14.4 Å². The average molecular weight is 392 g/mol. The van der Waals surface area contributed by atoms with E-state index in [0.29, 0.717) is 25.9 Å². The molecule has 0 N–H and O–H groups in total. The highest BCUT2D eigenvalue weighted by Gasteiger charge is 2.31. The van der Waals surface area contributed by atoms with Crippen LogP contribution in [0.2, 0.25) is 0 Å². The van der Waals surface area contributed by atoms with Gasteiger partial charge in [-0.2, -0.15) is 10.5 Å². The van der Waals surface area contributed by atoms with Crippen LogP contribution in [-0.4, -0.2) is 66.2 Å². The van der Waals surface area contributed by atoms with Gasteiger partial charge in [0.15, 0.2) is 6.61 Å². The molecule has 0 saturated carbocycles. The normalized spacial score (nSPS) is 14.5. The highest BCUT2D eigenvalue weighted by atomic mass is 16.6. The lowest BCUT2D eigenvalue weighted by Gasteiger charge is -2.32. The maximum atomic E-state index is 12.2. The standard InChI is InChI=1S/C19H28N4O5/c1-19(2,3)28-18(26)23-12-6-15(7-13-23)17(25)27-14-16(24)22(10-4-8-20)11-5-9-21/h15H,4-7,10-14H2,1-3H3. The molecular formula is C19H28N4O5. The van der Waals surface area contributed by atoms with Crippen molar-refractivity contribution in [3.05, 3.63) is 0 Å². The van der Waals surface area contributed by atoms with Crippen LogP contribution in [0.25, 0.3) is 0 Å². The number of hydrogen-bond acceptors (Lipinski definition) is 7. The van der Waals surface area contributed by atoms with Crippen LogP contribution in [0.5, 0.6) is 0 Å². The van der Waals surface area contributed by atoms with Crippen molar-refractivity contribution in [2.75, 3.05) is 32.8 Å². The van der Waals surface area contributed by atoms with Crippen LogP contribution in [0.1, 0.15) is 46.5 Å². The molecule has 1 saturated heterocycles. The van der Waals surface area contributed by atoms with Crippen molar-refractivity contribution in [2.24, 2.45) is 5.92 Å². The zero-order valence-corrected chi connectivity index (χ0v) is 16.8. The van der Waals surface area contributed by atoms with Crippen molar-refractivity contribution in [1.82, 2.24) is 9.80 Å². The highest BCUT2D eigenvalue weighted by molar-refractivity contribution is 5.81. The number of piperidine rings is 1. The van der Waals surface area contributed by atoms with Gasteiger partial charge in [-0.25, -0.2) is 4.79 Å². The fraction of sp³-hybridized carbons (Fsp3) is 0.737. The molecule has 0 spiro atoms. The molecule has 0 aromatic heterocycles. The number of likely N-dealkylation sites (tertiary alicyclic amines) is 1. The lowest BCUT2D eigenvalue weighted by atomic mass is 9.97. The number of ether oxygens (including phenoxy) is 2. The molecule has 1 fully saturated rings. The van der Waals surface area contributed by atoms with Crippen LogP contribution in [0, 0.1) is 28.6 Å². The van der Waals surface area contributed by atoms with Crippen LogP contribution in [-0.2, 0) is 19.1 Å². The van der Waals surface area contributed by atoms with E-state index in [-0.39, 0.29) is 31.8 Å². The summed E-state index contributed by atoms with van der Waals surface area (Å²) in [7, 11) is 0. The van der Waals surface area contributed by atoms with Crippen molar-refractivity contribution < 1.29 is 23.9 Å². The van der Waals surface area contributed by atoms with Gasteiger partial charge in [0.2, 0.25) is 0 Å². The molecule has 0 atom stereocenters. The summed E-state index contributed by atoms with van der Waals surface area (Å²) < 4.78 is 10.4. The third-order valence-electron chi connectivity index (χ3n) is 4.16. The van der Waals surface area contributed by atoms with Crippen LogP contribution >= 0.6 is 0 Å². The molecule has 28 heavy (non-hydrogen) atoms. The van der Waals surface area contributed by atoms with Gasteiger partial charge in [-0.05, 0) is 33.6 Å². The Bertz CT molecular complexity index is 618. The molecule has 0 aliphatic carbocycles. The maximum absolute atomic E-state index is 12.2. The van der Waals surface area contributed by atoms with E-state index in [1.54, 1.807) is 25.7 Å². The van der Waals surface area contributed by atoms with E-state index < -0.39 is 30.2 Å². The number of carbonyl (C=O) groups is 3. The maximum Gasteiger partial charge on any atom is 0.410 e. The molecule has 0 bridgehead atoms. The predicted molar refractivity (Wildman–Crippen MR) is 98.5 cm³/mol. The van der Waals surface area contributed by atoms with E-state index >= 15 is 0 Å². The molecule has 1 aliphatic heterocycles. The second-order valence-electron chi connectivity index (χ2n) is 7.55. The number of carbonyl (C=O) groups excluding carboxylic acids is 3. The van der Waals surface area contributed by atoms with Crippen LogP contribution in [0.3, 0.4) is 0 Å². The molecule has 0 radical (unpaired) electrons. The molecular weight excluding hydrogens is 364 g/mol. The predicted octanol–water partition coefficient (Wildman–Crippen LogP) is 1.83. The third kappa shape index (κ3) is 8.26. The monoisotopic (exact) mass is 392 g/mol. The summed E-state index contributed by atoms with van der Waals surface area (Å²) in [6, 6.07) is 3.89. The smallest absolute Gasteiger partial charge is 0.410 e. The van der Waals surface area contributed by atoms with Crippen molar-refractivity contribution >= 4 is 18.0 Å². The molecule has 9 heteroatoms. The summed E-state index contributed by atoms with van der Waals surface area (Å²) in [6.07, 6.45) is 0.778. The van der Waals surface area contributed by atoms with Gasteiger partial charge in [0.25, 0.3) is 5.91 Å². The number of esters is 1. The Morgan fingerprint density at radius 1 is 1.07 bits per heavy atom. The summed E-state index contributed by atoms with van der Waals surface area (Å²) in [5.41, 5.74) is -0.573. The fourth-order valence-corrected chi connectivity index (χ4v) is 2.70. The molecule has 154 valence electrons. The molecule has 0 aromatic carbocycles. The van der Waals surface area contributed by atoms with Gasteiger partial charge in [-0.1, -0.05) is 0 Å². The van der Waals surface area contributed by atoms with Crippen molar-refractivity contribution in [3.8, 4) is 12.1 Å². The molecule has 0 unspecified atom stereocenters. The minimum absolute atomic E-state index is 0.147. The number of hydrogen-bond donors (Lipinski definition) is 0. The quantitative estimate of drug-likeness (QED) is 0.605. The molecule has 0 aromatic rings. The molecule has 2 amide bonds. The minimum Gasteiger partial charge on any atom is -0.455 e. The Morgan fingerprint density at radius 3 is 2.07 bits per heavy atom. The third-order valence-corrected chi connectivity index (χ3v) is 4.16. The van der Waals surface area contributed by atoms with E-state index in [2.05, 4.69) is 0 Å². The Balaban J connectivity index is 2.43. The van der Waals surface area contributed by atoms with Gasteiger partial charge in [0, 0.05) is 26.2 Å². The van der Waals surface area contributed by atoms with E-state index in [4.69, 9.17) is 20.0 Å². The summed E-state index contributed by atoms with van der Waals surface area (Å²) >= 11 is 0. The van der Waals surface area contributed by atoms with Crippen molar-refractivity contribution in [3.63, 3.8) is 0 Å². The Hall–Kier alpha value is -2.81. The zero-order valence-electron chi connectivity index (χ0n) is 16.8. The molecule has 9 nitrogen and oxygen atoms in total. The van der Waals surface area contributed by atoms with Crippen LogP contribution in [0.15, 0.2) is 0 Å². The number of rotatable bonds is 7. The van der Waals surface area contributed by atoms with E-state index in [1.165, 1.54) is 4.90 Å². The first-order valence-electron chi connectivity index (χ1n) is 9.34. The minimum atomic E-state index is -0.573. The summed E-state index contributed by atoms with van der Waals surface area (Å²) in [4.78, 5) is 39.4. The molecule has 1 aliphatic rings. The summed E-state index contributed by atoms with van der Waals surface area (Å²) in [6.45, 7) is 6.14. The van der Waals surface area contributed by atoms with Crippen LogP contribution < -0.4 is 0 Å². The second-order valence-corrected chi connectivity index (χ2v) is 7.55. The zero-order chi connectivity index (χ0) is 21.2. The lowest BCUT2D eigenvalue weighted by Crippen LogP contribution is -2.43. The number of nitriles is 2. The Labute approximate surface area is 165 Å². The molecule has 1 heterocycles. The van der Waals surface area contributed by atoms with Crippen molar-refractivity contribution in [2.45, 2.75) is 52.1 Å². The van der Waals surface area contributed by atoms with E-state index in [1.807, 2.05) is 12.1 Å². The molecule has 1 rings (SSSR count). The van der Waals surface area contributed by atoms with Gasteiger partial charge < -0.3 is 19.3 Å². The largest absolute Gasteiger partial charge is 0.455 e. The first-order valence-corrected chi connectivity index (χ1v) is 9.34. The van der Waals surface area contributed by atoms with Crippen molar-refractivity contribution in [1.29, 1.82) is 10.5 Å². The summed E-state index contributed by atoms with van der Waals surface area (Å²) in [5.74, 6) is -1.28. The second kappa shape index (κ2) is 11.1.